The molecule has 20 heavy (non-hydrogen) atoms. The zero-order valence-corrected chi connectivity index (χ0v) is 13.0. The van der Waals surface area contributed by atoms with E-state index in [0.717, 1.165) is 25.4 Å². The summed E-state index contributed by atoms with van der Waals surface area (Å²) in [5.41, 5.74) is 3.61. The molecule has 0 spiro atoms. The first-order chi connectivity index (χ1) is 9.56. The van der Waals surface area contributed by atoms with Crippen LogP contribution in [0.5, 0.6) is 5.75 Å². The van der Waals surface area contributed by atoms with Crippen molar-refractivity contribution in [3.05, 3.63) is 28.8 Å². The summed E-state index contributed by atoms with van der Waals surface area (Å²) < 4.78 is 5.83. The molecule has 1 heterocycles. The molecule has 1 N–H and O–H groups in total. The Morgan fingerprint density at radius 2 is 1.85 bits per heavy atom. The first kappa shape index (κ1) is 15.3. The number of likely N-dealkylation sites (tertiary alicyclic amines) is 1. The highest BCUT2D eigenvalue weighted by Gasteiger charge is 2.15. The SMILES string of the molecule is Cc1cc(C)c(C)c(OCC(O)CN2CCCCC2)c1. The molecule has 0 aromatic heterocycles. The molecule has 0 aliphatic carbocycles. The third kappa shape index (κ3) is 4.22. The van der Waals surface area contributed by atoms with Crippen LogP contribution in [0.4, 0.5) is 0 Å². The van der Waals surface area contributed by atoms with E-state index in [0.29, 0.717) is 6.61 Å². The summed E-state index contributed by atoms with van der Waals surface area (Å²) in [6.07, 6.45) is 3.42. The molecule has 0 bridgehead atoms. The molecule has 1 saturated heterocycles. The van der Waals surface area contributed by atoms with Gasteiger partial charge in [-0.25, -0.2) is 0 Å². The van der Waals surface area contributed by atoms with Crippen LogP contribution in [-0.2, 0) is 0 Å². The fourth-order valence-corrected chi connectivity index (χ4v) is 2.83. The van der Waals surface area contributed by atoms with Crippen LogP contribution in [0.1, 0.15) is 36.0 Å². The van der Waals surface area contributed by atoms with Crippen LogP contribution in [0, 0.1) is 20.8 Å². The number of rotatable bonds is 5. The van der Waals surface area contributed by atoms with Crippen molar-refractivity contribution in [2.75, 3.05) is 26.2 Å². The van der Waals surface area contributed by atoms with Gasteiger partial charge in [0.15, 0.2) is 0 Å². The van der Waals surface area contributed by atoms with Crippen molar-refractivity contribution in [1.29, 1.82) is 0 Å². The molecule has 1 aliphatic rings. The summed E-state index contributed by atoms with van der Waals surface area (Å²) in [5.74, 6) is 0.903. The maximum atomic E-state index is 10.1. The lowest BCUT2D eigenvalue weighted by atomic mass is 10.1. The molecule has 2 rings (SSSR count). The van der Waals surface area contributed by atoms with E-state index in [1.807, 2.05) is 0 Å². The normalized spacial score (nSPS) is 18.0. The standard InChI is InChI=1S/C17H27NO2/c1-13-9-14(2)15(3)17(10-13)20-12-16(19)11-18-7-5-4-6-8-18/h9-10,16,19H,4-8,11-12H2,1-3H3. The second-order valence-corrected chi connectivity index (χ2v) is 6.03. The minimum Gasteiger partial charge on any atom is -0.491 e. The Bertz CT molecular complexity index is 439. The van der Waals surface area contributed by atoms with E-state index in [2.05, 4.69) is 37.8 Å². The fraction of sp³-hybridized carbons (Fsp3) is 0.647. The van der Waals surface area contributed by atoms with E-state index in [1.54, 1.807) is 0 Å². The third-order valence-corrected chi connectivity index (χ3v) is 4.11. The molecular formula is C17H27NO2. The van der Waals surface area contributed by atoms with Crippen LogP contribution >= 0.6 is 0 Å². The molecule has 1 unspecified atom stereocenters. The van der Waals surface area contributed by atoms with E-state index in [1.165, 1.54) is 36.0 Å². The molecule has 112 valence electrons. The van der Waals surface area contributed by atoms with Crippen molar-refractivity contribution in [1.82, 2.24) is 4.90 Å². The lowest BCUT2D eigenvalue weighted by Crippen LogP contribution is -2.38. The zero-order valence-electron chi connectivity index (χ0n) is 13.0. The van der Waals surface area contributed by atoms with Crippen molar-refractivity contribution in [2.24, 2.45) is 0 Å². The van der Waals surface area contributed by atoms with Gasteiger partial charge in [0.25, 0.3) is 0 Å². The molecule has 1 aromatic rings. The van der Waals surface area contributed by atoms with Gasteiger partial charge in [0.1, 0.15) is 18.5 Å². The van der Waals surface area contributed by atoms with E-state index < -0.39 is 6.10 Å². The zero-order chi connectivity index (χ0) is 14.5. The molecule has 0 radical (unpaired) electrons. The quantitative estimate of drug-likeness (QED) is 0.898. The number of piperidine rings is 1. The van der Waals surface area contributed by atoms with Crippen molar-refractivity contribution >= 4 is 0 Å². The number of hydrogen-bond acceptors (Lipinski definition) is 3. The van der Waals surface area contributed by atoms with Crippen molar-refractivity contribution in [3.63, 3.8) is 0 Å². The van der Waals surface area contributed by atoms with Gasteiger partial charge < -0.3 is 14.7 Å². The average molecular weight is 277 g/mol. The van der Waals surface area contributed by atoms with Crippen LogP contribution in [0.3, 0.4) is 0 Å². The third-order valence-electron chi connectivity index (χ3n) is 4.11. The Balaban J connectivity index is 1.85. The summed E-state index contributed by atoms with van der Waals surface area (Å²) in [5, 5.41) is 10.1. The summed E-state index contributed by atoms with van der Waals surface area (Å²) in [4.78, 5) is 2.34. The van der Waals surface area contributed by atoms with Gasteiger partial charge >= 0.3 is 0 Å². The topological polar surface area (TPSA) is 32.7 Å². The molecule has 1 atom stereocenters. The second kappa shape index (κ2) is 7.09. The van der Waals surface area contributed by atoms with Crippen LogP contribution < -0.4 is 4.74 Å². The van der Waals surface area contributed by atoms with Crippen molar-refractivity contribution in [2.45, 2.75) is 46.1 Å². The van der Waals surface area contributed by atoms with Gasteiger partial charge in [-0.05, 0) is 69.5 Å². The van der Waals surface area contributed by atoms with Crippen LogP contribution in [0.2, 0.25) is 0 Å². The number of nitrogens with zero attached hydrogens (tertiary/aromatic N) is 1. The average Bonchev–Trinajstić information content (AvgIpc) is 2.42. The maximum Gasteiger partial charge on any atom is 0.122 e. The van der Waals surface area contributed by atoms with Crippen molar-refractivity contribution in [3.8, 4) is 5.75 Å². The van der Waals surface area contributed by atoms with E-state index in [9.17, 15) is 5.11 Å². The van der Waals surface area contributed by atoms with E-state index in [-0.39, 0.29) is 0 Å². The number of ether oxygens (including phenoxy) is 1. The highest BCUT2D eigenvalue weighted by molar-refractivity contribution is 5.41. The van der Waals surface area contributed by atoms with Crippen LogP contribution in [0.15, 0.2) is 12.1 Å². The monoisotopic (exact) mass is 277 g/mol. The van der Waals surface area contributed by atoms with Gasteiger partial charge in [-0.3, -0.25) is 0 Å². The largest absolute Gasteiger partial charge is 0.491 e. The number of aryl methyl sites for hydroxylation is 2. The number of hydrogen-bond donors (Lipinski definition) is 1. The van der Waals surface area contributed by atoms with E-state index >= 15 is 0 Å². The highest BCUT2D eigenvalue weighted by atomic mass is 16.5. The minimum absolute atomic E-state index is 0.375. The Morgan fingerprint density at radius 3 is 2.55 bits per heavy atom. The van der Waals surface area contributed by atoms with E-state index in [4.69, 9.17) is 4.74 Å². The van der Waals surface area contributed by atoms with Gasteiger partial charge in [0, 0.05) is 6.54 Å². The Morgan fingerprint density at radius 1 is 1.15 bits per heavy atom. The molecule has 3 heteroatoms. The molecule has 3 nitrogen and oxygen atoms in total. The summed E-state index contributed by atoms with van der Waals surface area (Å²) in [7, 11) is 0. The van der Waals surface area contributed by atoms with Gasteiger partial charge in [-0.1, -0.05) is 12.5 Å². The maximum absolute atomic E-state index is 10.1. The van der Waals surface area contributed by atoms with Gasteiger partial charge in [-0.15, -0.1) is 0 Å². The van der Waals surface area contributed by atoms with Crippen LogP contribution in [0.25, 0.3) is 0 Å². The number of aliphatic hydroxyl groups excluding tert-OH is 1. The lowest BCUT2D eigenvalue weighted by Gasteiger charge is -2.28. The molecular weight excluding hydrogens is 250 g/mol. The van der Waals surface area contributed by atoms with Gasteiger partial charge in [-0.2, -0.15) is 0 Å². The van der Waals surface area contributed by atoms with Gasteiger partial charge in [0.2, 0.25) is 0 Å². The Labute approximate surface area is 122 Å². The second-order valence-electron chi connectivity index (χ2n) is 6.03. The van der Waals surface area contributed by atoms with Gasteiger partial charge in [0.05, 0.1) is 0 Å². The summed E-state index contributed by atoms with van der Waals surface area (Å²) >= 11 is 0. The predicted molar refractivity (Wildman–Crippen MR) is 82.4 cm³/mol. The highest BCUT2D eigenvalue weighted by Crippen LogP contribution is 2.23. The molecule has 0 amide bonds. The molecule has 1 fully saturated rings. The smallest absolute Gasteiger partial charge is 0.122 e. The predicted octanol–water partition coefficient (Wildman–Crippen LogP) is 2.84. The Kier molecular flexibility index (Phi) is 5.44. The van der Waals surface area contributed by atoms with Crippen molar-refractivity contribution < 1.29 is 9.84 Å². The number of aliphatic hydroxyl groups is 1. The first-order valence-corrected chi connectivity index (χ1v) is 7.67. The summed E-state index contributed by atoms with van der Waals surface area (Å²) in [6.45, 7) is 9.56. The molecule has 0 saturated carbocycles. The minimum atomic E-state index is -0.409. The first-order valence-electron chi connectivity index (χ1n) is 7.67. The molecule has 1 aromatic carbocycles. The number of β-amino-alcohol motifs (C(OH)–C–C–N with tert-alkyl or cyclic N) is 1. The lowest BCUT2D eigenvalue weighted by molar-refractivity contribution is 0.0615. The fourth-order valence-electron chi connectivity index (χ4n) is 2.83. The Hall–Kier alpha value is -1.06. The van der Waals surface area contributed by atoms with Crippen LogP contribution in [-0.4, -0.2) is 42.4 Å². The molecule has 1 aliphatic heterocycles. The summed E-state index contributed by atoms with van der Waals surface area (Å²) in [6, 6.07) is 4.21. The number of benzene rings is 1.